The number of hydrogen-bond donors (Lipinski definition) is 3. The third-order valence-electron chi connectivity index (χ3n) is 9.86. The van der Waals surface area contributed by atoms with Crippen molar-refractivity contribution in [3.8, 4) is 11.1 Å². The fourth-order valence-electron chi connectivity index (χ4n) is 7.66. The van der Waals surface area contributed by atoms with Gasteiger partial charge in [-0.05, 0) is 60.8 Å². The van der Waals surface area contributed by atoms with Crippen LogP contribution in [-0.4, -0.2) is 88.6 Å². The summed E-state index contributed by atoms with van der Waals surface area (Å²) >= 11 is 0. The maximum Gasteiger partial charge on any atom is 0.410 e. The Bertz CT molecular complexity index is 1470. The van der Waals surface area contributed by atoms with E-state index >= 15 is 0 Å². The maximum atomic E-state index is 14.1. The van der Waals surface area contributed by atoms with E-state index in [1.807, 2.05) is 38.1 Å². The third kappa shape index (κ3) is 6.99. The largest absolute Gasteiger partial charge is 0.481 e. The van der Waals surface area contributed by atoms with Crippen LogP contribution in [0.2, 0.25) is 0 Å². The van der Waals surface area contributed by atoms with Crippen molar-refractivity contribution in [3.63, 3.8) is 0 Å². The predicted octanol–water partition coefficient (Wildman–Crippen LogP) is 4.29. The van der Waals surface area contributed by atoms with Gasteiger partial charge in [0.2, 0.25) is 17.7 Å². The molecule has 47 heavy (non-hydrogen) atoms. The molecular formula is C36H46N4O7. The highest BCUT2D eigenvalue weighted by molar-refractivity contribution is 5.97. The molecule has 5 rings (SSSR count). The molecule has 0 radical (unpaired) electrons. The van der Waals surface area contributed by atoms with Gasteiger partial charge in [0.25, 0.3) is 0 Å². The van der Waals surface area contributed by atoms with E-state index in [0.717, 1.165) is 35.1 Å². The number of amides is 4. The van der Waals surface area contributed by atoms with Gasteiger partial charge >= 0.3 is 12.1 Å². The van der Waals surface area contributed by atoms with E-state index in [-0.39, 0.29) is 30.8 Å². The fraction of sp³-hybridized carbons (Fsp3) is 0.528. The summed E-state index contributed by atoms with van der Waals surface area (Å²) in [4.78, 5) is 68.7. The number of likely N-dealkylation sites (tertiary alicyclic amines) is 1. The lowest BCUT2D eigenvalue weighted by molar-refractivity contribution is -0.148. The van der Waals surface area contributed by atoms with Crippen LogP contribution >= 0.6 is 0 Å². The van der Waals surface area contributed by atoms with Crippen LogP contribution in [0.15, 0.2) is 48.5 Å². The number of nitrogens with zero attached hydrogens (tertiary/aromatic N) is 2. The van der Waals surface area contributed by atoms with Crippen molar-refractivity contribution < 1.29 is 33.8 Å². The third-order valence-corrected chi connectivity index (χ3v) is 9.86. The number of carboxylic acids is 1. The van der Waals surface area contributed by atoms with Gasteiger partial charge in [-0.25, -0.2) is 4.79 Å². The monoisotopic (exact) mass is 646 g/mol. The molecule has 0 bridgehead atoms. The smallest absolute Gasteiger partial charge is 0.410 e. The van der Waals surface area contributed by atoms with Gasteiger partial charge in [-0.2, -0.15) is 0 Å². The summed E-state index contributed by atoms with van der Waals surface area (Å²) in [6.07, 6.45) is 2.59. The number of carbonyl (C=O) groups is 5. The Morgan fingerprint density at radius 2 is 1.55 bits per heavy atom. The molecule has 3 atom stereocenters. The quantitative estimate of drug-likeness (QED) is 0.330. The van der Waals surface area contributed by atoms with Gasteiger partial charge in [-0.15, -0.1) is 0 Å². The lowest BCUT2D eigenvalue weighted by Crippen LogP contribution is -2.64. The van der Waals surface area contributed by atoms with E-state index < -0.39 is 47.5 Å². The summed E-state index contributed by atoms with van der Waals surface area (Å²) < 4.78 is 5.88. The van der Waals surface area contributed by atoms with Crippen LogP contribution in [0.1, 0.15) is 82.8 Å². The molecule has 0 aromatic heterocycles. The first kappa shape index (κ1) is 33.9. The first-order chi connectivity index (χ1) is 22.4. The number of benzene rings is 2. The van der Waals surface area contributed by atoms with Crippen LogP contribution in [0.4, 0.5) is 4.79 Å². The zero-order chi connectivity index (χ0) is 33.9. The molecule has 1 heterocycles. The Kier molecular flexibility index (Phi) is 10.2. The minimum atomic E-state index is -1.21. The predicted molar refractivity (Wildman–Crippen MR) is 175 cm³/mol. The summed E-state index contributed by atoms with van der Waals surface area (Å²) in [7, 11) is 1.55. The van der Waals surface area contributed by atoms with Gasteiger partial charge in [-0.1, -0.05) is 75.2 Å². The zero-order valence-electron chi connectivity index (χ0n) is 27.7. The average molecular weight is 647 g/mol. The molecule has 11 heteroatoms. The molecule has 1 saturated carbocycles. The van der Waals surface area contributed by atoms with Gasteiger partial charge in [-0.3, -0.25) is 24.1 Å². The summed E-state index contributed by atoms with van der Waals surface area (Å²) in [6, 6.07) is 14.0. The second-order valence-corrected chi connectivity index (χ2v) is 13.5. The topological polar surface area (TPSA) is 145 Å². The summed E-state index contributed by atoms with van der Waals surface area (Å²) in [5.74, 6) is -2.62. The number of carboxylic acid groups (broad SMARTS) is 1. The Hall–Kier alpha value is -4.41. The van der Waals surface area contributed by atoms with Crippen LogP contribution in [0.25, 0.3) is 11.1 Å². The van der Waals surface area contributed by atoms with Crippen LogP contribution in [0, 0.1) is 5.92 Å². The molecule has 0 unspecified atom stereocenters. The van der Waals surface area contributed by atoms with Gasteiger partial charge in [0.05, 0.1) is 6.42 Å². The number of nitrogens with one attached hydrogen (secondary N) is 2. The van der Waals surface area contributed by atoms with Crippen molar-refractivity contribution in [2.45, 2.75) is 95.3 Å². The van der Waals surface area contributed by atoms with Crippen molar-refractivity contribution in [2.75, 3.05) is 20.2 Å². The first-order valence-electron chi connectivity index (χ1n) is 16.7. The van der Waals surface area contributed by atoms with Crippen molar-refractivity contribution >= 4 is 29.8 Å². The number of hydrogen-bond acceptors (Lipinski definition) is 6. The first-order valence-corrected chi connectivity index (χ1v) is 16.7. The highest BCUT2D eigenvalue weighted by Crippen LogP contribution is 2.44. The lowest BCUT2D eigenvalue weighted by atomic mass is 9.92. The Balaban J connectivity index is 1.26. The minimum absolute atomic E-state index is 0.102. The van der Waals surface area contributed by atoms with Crippen molar-refractivity contribution in [2.24, 2.45) is 5.92 Å². The SMILES string of the molecule is CC(C)[C@@H](C(=O)N[C@H](C)CC(=O)O)N(C)C(=O)C1(NC(=O)[C@@H]2CCCN2C(=O)OCC2c3ccccc3-c3ccccc32)CCCC1. The molecule has 2 aromatic carbocycles. The molecular weight excluding hydrogens is 600 g/mol. The van der Waals surface area contributed by atoms with Crippen molar-refractivity contribution in [3.05, 3.63) is 59.7 Å². The molecule has 2 aromatic rings. The number of likely N-dealkylation sites (N-methyl/N-ethyl adjacent to an activating group) is 1. The van der Waals surface area contributed by atoms with Crippen molar-refractivity contribution in [1.82, 2.24) is 20.4 Å². The average Bonchev–Trinajstić information content (AvgIpc) is 3.77. The second-order valence-electron chi connectivity index (χ2n) is 13.5. The van der Waals surface area contributed by atoms with E-state index in [4.69, 9.17) is 9.84 Å². The fourth-order valence-corrected chi connectivity index (χ4v) is 7.66. The summed E-state index contributed by atoms with van der Waals surface area (Å²) in [6.45, 7) is 5.77. The van der Waals surface area contributed by atoms with Crippen LogP contribution in [-0.2, 0) is 23.9 Å². The number of rotatable bonds is 11. The summed E-state index contributed by atoms with van der Waals surface area (Å²) in [5.41, 5.74) is 3.26. The molecule has 3 aliphatic rings. The number of ether oxygens (including phenoxy) is 1. The normalized spacial score (nSPS) is 19.4. The summed E-state index contributed by atoms with van der Waals surface area (Å²) in [5, 5.41) is 14.9. The maximum absolute atomic E-state index is 14.1. The number of aliphatic carboxylic acids is 1. The van der Waals surface area contributed by atoms with Crippen molar-refractivity contribution in [1.29, 1.82) is 0 Å². The van der Waals surface area contributed by atoms with Gasteiger partial charge in [0, 0.05) is 25.6 Å². The zero-order valence-corrected chi connectivity index (χ0v) is 27.7. The van der Waals surface area contributed by atoms with Gasteiger partial charge < -0.3 is 25.4 Å². The molecule has 0 spiro atoms. The number of carbonyl (C=O) groups excluding carboxylic acids is 4. The lowest BCUT2D eigenvalue weighted by Gasteiger charge is -2.39. The Morgan fingerprint density at radius 3 is 2.13 bits per heavy atom. The van der Waals surface area contributed by atoms with Crippen LogP contribution in [0.3, 0.4) is 0 Å². The minimum Gasteiger partial charge on any atom is -0.481 e. The molecule has 2 fully saturated rings. The van der Waals surface area contributed by atoms with E-state index in [1.54, 1.807) is 14.0 Å². The van der Waals surface area contributed by atoms with Crippen LogP contribution < -0.4 is 10.6 Å². The second kappa shape index (κ2) is 14.1. The van der Waals surface area contributed by atoms with E-state index in [1.165, 1.54) is 9.80 Å². The highest BCUT2D eigenvalue weighted by atomic mass is 16.6. The molecule has 11 nitrogen and oxygen atoms in total. The highest BCUT2D eigenvalue weighted by Gasteiger charge is 2.49. The standard InChI is InChI=1S/C36H46N4O7/c1-22(2)31(33(44)37-23(3)20-30(41)42)39(4)34(45)36(17-9-10-18-36)38-32(43)29-16-11-19-40(29)35(46)47-21-28-26-14-7-5-12-24(26)25-13-6-8-15-27(25)28/h5-8,12-15,22-23,28-29,31H,9-11,16-21H2,1-4H3,(H,37,44)(H,38,43)(H,41,42)/t23-,29+,31+/m1/s1. The van der Waals surface area contributed by atoms with Gasteiger partial charge in [0.1, 0.15) is 24.2 Å². The van der Waals surface area contributed by atoms with E-state index in [2.05, 4.69) is 34.9 Å². The molecule has 252 valence electrons. The Morgan fingerprint density at radius 1 is 0.957 bits per heavy atom. The van der Waals surface area contributed by atoms with Gasteiger partial charge in [0.15, 0.2) is 0 Å². The molecule has 3 N–H and O–H groups in total. The molecule has 2 aliphatic carbocycles. The van der Waals surface area contributed by atoms with E-state index in [0.29, 0.717) is 32.2 Å². The Labute approximate surface area is 276 Å². The van der Waals surface area contributed by atoms with E-state index in [9.17, 15) is 24.0 Å². The molecule has 1 aliphatic heterocycles. The molecule has 4 amide bonds. The van der Waals surface area contributed by atoms with Crippen LogP contribution in [0.5, 0.6) is 0 Å². The number of fused-ring (bicyclic) bond motifs is 3. The molecule has 1 saturated heterocycles.